The highest BCUT2D eigenvalue weighted by atomic mass is 16.5. The monoisotopic (exact) mass is 448 g/mol. The Bertz CT molecular complexity index is 1050. The SMILES string of the molecule is CCC(NC(=O)OCC1c2ccccc2-c2ccccc21)C(=O)N1CC[C@@H]2C(C(=O)O)[C@@H]2C1. The fourth-order valence-corrected chi connectivity index (χ4v) is 5.65. The van der Waals surface area contributed by atoms with Gasteiger partial charge < -0.3 is 20.1 Å². The molecule has 2 aliphatic carbocycles. The van der Waals surface area contributed by atoms with Crippen LogP contribution < -0.4 is 5.32 Å². The van der Waals surface area contributed by atoms with Crippen LogP contribution in [-0.2, 0) is 14.3 Å². The second-order valence-electron chi connectivity index (χ2n) is 9.20. The van der Waals surface area contributed by atoms with Crippen molar-refractivity contribution in [3.05, 3.63) is 59.7 Å². The number of carboxylic acid groups (broad SMARTS) is 1. The number of aliphatic carboxylic acids is 1. The molecule has 1 saturated heterocycles. The number of carbonyl (C=O) groups is 3. The number of hydrogen-bond donors (Lipinski definition) is 2. The van der Waals surface area contributed by atoms with E-state index in [0.717, 1.165) is 22.3 Å². The average molecular weight is 449 g/mol. The summed E-state index contributed by atoms with van der Waals surface area (Å²) in [5.74, 6) is -1.10. The molecule has 7 nitrogen and oxygen atoms in total. The summed E-state index contributed by atoms with van der Waals surface area (Å²) >= 11 is 0. The van der Waals surface area contributed by atoms with E-state index in [2.05, 4.69) is 29.6 Å². The van der Waals surface area contributed by atoms with E-state index in [1.807, 2.05) is 31.2 Å². The van der Waals surface area contributed by atoms with Gasteiger partial charge in [0.05, 0.1) is 5.92 Å². The number of alkyl carbamates (subject to hydrolysis) is 1. The lowest BCUT2D eigenvalue weighted by molar-refractivity contribution is -0.139. The number of nitrogens with one attached hydrogen (secondary N) is 1. The van der Waals surface area contributed by atoms with Crippen molar-refractivity contribution < 1.29 is 24.2 Å². The Morgan fingerprint density at radius 1 is 1.06 bits per heavy atom. The maximum absolute atomic E-state index is 13.0. The van der Waals surface area contributed by atoms with Crippen molar-refractivity contribution in [1.29, 1.82) is 0 Å². The number of piperidine rings is 1. The minimum absolute atomic E-state index is 0.0344. The third kappa shape index (κ3) is 3.86. The third-order valence-corrected chi connectivity index (χ3v) is 7.43. The first-order valence-electron chi connectivity index (χ1n) is 11.6. The van der Waals surface area contributed by atoms with Gasteiger partial charge in [0.1, 0.15) is 12.6 Å². The van der Waals surface area contributed by atoms with Gasteiger partial charge in [0.2, 0.25) is 5.91 Å². The smallest absolute Gasteiger partial charge is 0.407 e. The molecular formula is C26H28N2O5. The maximum Gasteiger partial charge on any atom is 0.407 e. The van der Waals surface area contributed by atoms with Gasteiger partial charge >= 0.3 is 12.1 Å². The molecule has 0 aromatic heterocycles. The normalized spacial score (nSPS) is 23.7. The van der Waals surface area contributed by atoms with E-state index < -0.39 is 18.1 Å². The van der Waals surface area contributed by atoms with Gasteiger partial charge in [0, 0.05) is 19.0 Å². The van der Waals surface area contributed by atoms with Crippen LogP contribution in [0.4, 0.5) is 4.79 Å². The first-order valence-corrected chi connectivity index (χ1v) is 11.6. The molecule has 172 valence electrons. The van der Waals surface area contributed by atoms with Gasteiger partial charge in [-0.3, -0.25) is 9.59 Å². The van der Waals surface area contributed by atoms with Gasteiger partial charge in [-0.05, 0) is 46.9 Å². The minimum atomic E-state index is -0.775. The molecule has 5 rings (SSSR count). The largest absolute Gasteiger partial charge is 0.481 e. The highest BCUT2D eigenvalue weighted by Gasteiger charge is 2.57. The number of ether oxygens (including phenoxy) is 1. The van der Waals surface area contributed by atoms with Crippen LogP contribution in [-0.4, -0.2) is 53.7 Å². The van der Waals surface area contributed by atoms with Crippen molar-refractivity contribution in [2.24, 2.45) is 17.8 Å². The van der Waals surface area contributed by atoms with Crippen molar-refractivity contribution in [1.82, 2.24) is 10.2 Å². The molecule has 4 atom stereocenters. The summed E-state index contributed by atoms with van der Waals surface area (Å²) in [5.41, 5.74) is 4.59. The Hall–Kier alpha value is -3.35. The summed E-state index contributed by atoms with van der Waals surface area (Å²) in [7, 11) is 0. The molecule has 1 saturated carbocycles. The highest BCUT2D eigenvalue weighted by molar-refractivity contribution is 5.86. The van der Waals surface area contributed by atoms with Gasteiger partial charge in [-0.2, -0.15) is 0 Å². The molecule has 2 N–H and O–H groups in total. The topological polar surface area (TPSA) is 95.9 Å². The fraction of sp³-hybridized carbons (Fsp3) is 0.423. The summed E-state index contributed by atoms with van der Waals surface area (Å²) in [6.07, 6.45) is 0.534. The summed E-state index contributed by atoms with van der Waals surface area (Å²) in [5, 5.41) is 12.0. The molecule has 2 fully saturated rings. The van der Waals surface area contributed by atoms with Gasteiger partial charge in [-0.15, -0.1) is 0 Å². The zero-order valence-corrected chi connectivity index (χ0v) is 18.6. The minimum Gasteiger partial charge on any atom is -0.481 e. The first kappa shape index (κ1) is 21.5. The molecule has 33 heavy (non-hydrogen) atoms. The molecule has 2 unspecified atom stereocenters. The van der Waals surface area contributed by atoms with Gasteiger partial charge in [0.25, 0.3) is 0 Å². The molecule has 0 spiro atoms. The van der Waals surface area contributed by atoms with Crippen molar-refractivity contribution in [3.63, 3.8) is 0 Å². The second kappa shape index (κ2) is 8.54. The van der Waals surface area contributed by atoms with Crippen LogP contribution in [0.5, 0.6) is 0 Å². The number of carbonyl (C=O) groups excluding carboxylic acids is 2. The van der Waals surface area contributed by atoms with E-state index in [1.54, 1.807) is 4.90 Å². The lowest BCUT2D eigenvalue weighted by Gasteiger charge is -2.30. The van der Waals surface area contributed by atoms with Crippen LogP contribution >= 0.6 is 0 Å². The summed E-state index contributed by atoms with van der Waals surface area (Å²) in [6.45, 7) is 3.02. The Labute approximate surface area is 192 Å². The standard InChI is InChI=1S/C26H28N2O5/c1-2-22(24(29)28-12-11-19-20(13-28)23(19)25(30)31)27-26(32)33-14-21-17-9-5-3-7-15(17)16-8-4-6-10-18(16)21/h3-10,19-23H,2,11-14H2,1H3,(H,27,32)(H,30,31)/t19-,20+,22?,23?/m0/s1. The first-order chi connectivity index (χ1) is 16.0. The number of fused-ring (bicyclic) bond motifs is 4. The van der Waals surface area contributed by atoms with Crippen molar-refractivity contribution in [2.75, 3.05) is 19.7 Å². The number of amides is 2. The van der Waals surface area contributed by atoms with E-state index in [0.29, 0.717) is 25.9 Å². The second-order valence-corrected chi connectivity index (χ2v) is 9.20. The van der Waals surface area contributed by atoms with Gasteiger partial charge in [-0.1, -0.05) is 55.5 Å². The molecule has 2 aromatic carbocycles. The predicted molar refractivity (Wildman–Crippen MR) is 122 cm³/mol. The summed E-state index contributed by atoms with van der Waals surface area (Å²) < 4.78 is 5.59. The molecule has 2 amide bonds. The highest BCUT2D eigenvalue weighted by Crippen LogP contribution is 2.51. The lowest BCUT2D eigenvalue weighted by atomic mass is 9.98. The molecule has 1 heterocycles. The number of benzene rings is 2. The number of carboxylic acids is 1. The molecule has 0 bridgehead atoms. The van der Waals surface area contributed by atoms with Crippen LogP contribution in [0.15, 0.2) is 48.5 Å². The van der Waals surface area contributed by atoms with Crippen LogP contribution in [0.2, 0.25) is 0 Å². The van der Waals surface area contributed by atoms with E-state index in [9.17, 15) is 19.5 Å². The van der Waals surface area contributed by atoms with Gasteiger partial charge in [-0.25, -0.2) is 4.79 Å². The molecular weight excluding hydrogens is 420 g/mol. The number of rotatable bonds is 6. The number of nitrogens with zero attached hydrogens (tertiary/aromatic N) is 1. The van der Waals surface area contributed by atoms with Crippen molar-refractivity contribution in [2.45, 2.75) is 31.7 Å². The number of hydrogen-bond acceptors (Lipinski definition) is 4. The third-order valence-electron chi connectivity index (χ3n) is 7.43. The van der Waals surface area contributed by atoms with Crippen LogP contribution in [0.25, 0.3) is 11.1 Å². The van der Waals surface area contributed by atoms with Crippen LogP contribution in [0.3, 0.4) is 0 Å². The Morgan fingerprint density at radius 3 is 2.30 bits per heavy atom. The Kier molecular flexibility index (Phi) is 5.56. The van der Waals surface area contributed by atoms with E-state index in [4.69, 9.17) is 4.74 Å². The molecule has 0 radical (unpaired) electrons. The van der Waals surface area contributed by atoms with Crippen LogP contribution in [0.1, 0.15) is 36.8 Å². The average Bonchev–Trinajstić information content (AvgIpc) is 3.48. The zero-order valence-electron chi connectivity index (χ0n) is 18.6. The molecule has 3 aliphatic rings. The summed E-state index contributed by atoms with van der Waals surface area (Å²) in [6, 6.07) is 15.6. The molecule has 1 aliphatic heterocycles. The Morgan fingerprint density at radius 2 is 1.70 bits per heavy atom. The lowest BCUT2D eigenvalue weighted by Crippen LogP contribution is -2.50. The molecule has 7 heteroatoms. The van der Waals surface area contributed by atoms with Gasteiger partial charge in [0.15, 0.2) is 0 Å². The summed E-state index contributed by atoms with van der Waals surface area (Å²) in [4.78, 5) is 38.6. The van der Waals surface area contributed by atoms with E-state index >= 15 is 0 Å². The van der Waals surface area contributed by atoms with Crippen molar-refractivity contribution in [3.8, 4) is 11.1 Å². The molecule has 2 aromatic rings. The number of likely N-dealkylation sites (tertiary alicyclic amines) is 1. The Balaban J connectivity index is 1.19. The van der Waals surface area contributed by atoms with Crippen molar-refractivity contribution >= 4 is 18.0 Å². The van der Waals surface area contributed by atoms with Crippen LogP contribution in [0, 0.1) is 17.8 Å². The van der Waals surface area contributed by atoms with E-state index in [1.165, 1.54) is 0 Å². The maximum atomic E-state index is 13.0. The predicted octanol–water partition coefficient (Wildman–Crippen LogP) is 3.48. The fourth-order valence-electron chi connectivity index (χ4n) is 5.65. The zero-order chi connectivity index (χ0) is 23.1. The quantitative estimate of drug-likeness (QED) is 0.705. The van der Waals surface area contributed by atoms with E-state index in [-0.39, 0.29) is 36.2 Å².